The van der Waals surface area contributed by atoms with Gasteiger partial charge in [0.05, 0.1) is 20.4 Å². The molecule has 0 aromatic heterocycles. The zero-order chi connectivity index (χ0) is 26.9. The number of carbonyl (C=O) groups excluding carboxylic acids is 2. The number of amides is 2. The van der Waals surface area contributed by atoms with Crippen LogP contribution in [0.5, 0.6) is 17.2 Å². The normalized spacial score (nSPS) is 11.2. The summed E-state index contributed by atoms with van der Waals surface area (Å²) in [5.41, 5.74) is 4.38. The smallest absolute Gasteiger partial charge is 0.287 e. The van der Waals surface area contributed by atoms with Gasteiger partial charge < -0.3 is 24.8 Å². The van der Waals surface area contributed by atoms with Crippen LogP contribution in [0.25, 0.3) is 6.08 Å². The van der Waals surface area contributed by atoms with Gasteiger partial charge in [-0.05, 0) is 54.1 Å². The fraction of sp³-hybridized carbons (Fsp3) is 0.148. The van der Waals surface area contributed by atoms with E-state index in [0.717, 1.165) is 11.8 Å². The molecule has 0 heterocycles. The molecule has 0 spiro atoms. The van der Waals surface area contributed by atoms with Crippen molar-refractivity contribution in [3.05, 3.63) is 88.9 Å². The Balaban J connectivity index is 1.86. The molecule has 0 saturated heterocycles. The number of hydrogen-bond acceptors (Lipinski definition) is 7. The van der Waals surface area contributed by atoms with Gasteiger partial charge in [-0.2, -0.15) is 5.10 Å². The minimum atomic E-state index is -0.713. The van der Waals surface area contributed by atoms with Gasteiger partial charge in [0.15, 0.2) is 11.5 Å². The number of nitrogens with one attached hydrogen (secondary N) is 2. The Hall–Kier alpha value is -4.86. The van der Waals surface area contributed by atoms with Gasteiger partial charge in [-0.25, -0.2) is 9.82 Å². The summed E-state index contributed by atoms with van der Waals surface area (Å²) in [6.45, 7) is 0. The van der Waals surface area contributed by atoms with E-state index in [4.69, 9.17) is 9.47 Å². The van der Waals surface area contributed by atoms with E-state index in [-0.39, 0.29) is 28.5 Å². The number of phenols is 1. The lowest BCUT2D eigenvalue weighted by atomic mass is 10.1. The van der Waals surface area contributed by atoms with Crippen molar-refractivity contribution in [2.45, 2.75) is 0 Å². The highest BCUT2D eigenvalue weighted by Crippen LogP contribution is 2.36. The second kappa shape index (κ2) is 12.2. The van der Waals surface area contributed by atoms with Crippen molar-refractivity contribution in [3.63, 3.8) is 0 Å². The number of benzene rings is 3. The van der Waals surface area contributed by atoms with Crippen molar-refractivity contribution in [1.82, 2.24) is 10.7 Å². The van der Waals surface area contributed by atoms with Crippen molar-refractivity contribution < 1.29 is 28.6 Å². The lowest BCUT2D eigenvalue weighted by molar-refractivity contribution is -0.117. The molecule has 0 fully saturated rings. The summed E-state index contributed by atoms with van der Waals surface area (Å²) in [7, 11) is 6.58. The largest absolute Gasteiger partial charge is 0.502 e. The third-order valence-corrected chi connectivity index (χ3v) is 5.18. The molecule has 10 heteroatoms. The third-order valence-electron chi connectivity index (χ3n) is 5.18. The lowest BCUT2D eigenvalue weighted by Gasteiger charge is -2.13. The highest BCUT2D eigenvalue weighted by Gasteiger charge is 2.15. The van der Waals surface area contributed by atoms with Crippen LogP contribution < -0.4 is 25.1 Å². The van der Waals surface area contributed by atoms with Crippen LogP contribution in [0.4, 0.5) is 10.1 Å². The maximum absolute atomic E-state index is 13.6. The minimum Gasteiger partial charge on any atom is -0.502 e. The van der Waals surface area contributed by atoms with Crippen molar-refractivity contribution >= 4 is 29.8 Å². The number of nitrogens with zero attached hydrogens (tertiary/aromatic N) is 2. The van der Waals surface area contributed by atoms with Crippen LogP contribution in [-0.4, -0.2) is 51.5 Å². The number of carbonyl (C=O) groups is 2. The fourth-order valence-electron chi connectivity index (χ4n) is 3.23. The van der Waals surface area contributed by atoms with Crippen LogP contribution in [-0.2, 0) is 4.79 Å². The molecule has 0 unspecified atom stereocenters. The van der Waals surface area contributed by atoms with Crippen LogP contribution in [0.15, 0.2) is 71.5 Å². The van der Waals surface area contributed by atoms with E-state index in [2.05, 4.69) is 15.8 Å². The Morgan fingerprint density at radius 2 is 1.62 bits per heavy atom. The lowest BCUT2D eigenvalue weighted by Crippen LogP contribution is -2.32. The highest BCUT2D eigenvalue weighted by atomic mass is 19.1. The second-order valence-corrected chi connectivity index (χ2v) is 7.98. The van der Waals surface area contributed by atoms with Crippen molar-refractivity contribution in [2.75, 3.05) is 33.2 Å². The Bertz CT molecular complexity index is 1310. The topological polar surface area (TPSA) is 112 Å². The first kappa shape index (κ1) is 26.7. The van der Waals surface area contributed by atoms with Crippen LogP contribution in [0.3, 0.4) is 0 Å². The standard InChI is InChI=1S/C27H27FN4O5/c1-32(2)21-10-8-17(9-11-21)12-22(30-26(34)19-6-5-7-20(28)15-19)27(35)31-29-16-18-13-23(36-3)25(33)24(14-18)37-4/h5-16,33H,1-4H3,(H,30,34)(H,31,35)/b22-12-,29-16-. The molecule has 192 valence electrons. The quantitative estimate of drug-likeness (QED) is 0.233. The van der Waals surface area contributed by atoms with Crippen molar-refractivity contribution in [3.8, 4) is 17.2 Å². The maximum Gasteiger partial charge on any atom is 0.287 e. The van der Waals surface area contributed by atoms with Gasteiger partial charge in [0.25, 0.3) is 11.8 Å². The molecular formula is C27H27FN4O5. The Labute approximate surface area is 213 Å². The molecule has 0 aliphatic rings. The molecule has 3 aromatic carbocycles. The summed E-state index contributed by atoms with van der Waals surface area (Å²) >= 11 is 0. The molecule has 3 N–H and O–H groups in total. The number of ether oxygens (including phenoxy) is 2. The van der Waals surface area contributed by atoms with Gasteiger partial charge in [0.1, 0.15) is 11.5 Å². The van der Waals surface area contributed by atoms with Gasteiger partial charge in [-0.1, -0.05) is 18.2 Å². The molecule has 0 saturated carbocycles. The molecule has 0 aliphatic heterocycles. The van der Waals surface area contributed by atoms with E-state index in [1.807, 2.05) is 31.1 Å². The van der Waals surface area contributed by atoms with Crippen LogP contribution in [0, 0.1) is 5.82 Å². The van der Waals surface area contributed by atoms with Gasteiger partial charge >= 0.3 is 0 Å². The van der Waals surface area contributed by atoms with Gasteiger partial charge in [-0.15, -0.1) is 0 Å². The van der Waals surface area contributed by atoms with Crippen molar-refractivity contribution in [1.29, 1.82) is 0 Å². The summed E-state index contributed by atoms with van der Waals surface area (Å²) in [4.78, 5) is 27.6. The van der Waals surface area contributed by atoms with E-state index in [0.29, 0.717) is 11.1 Å². The van der Waals surface area contributed by atoms with E-state index < -0.39 is 17.6 Å². The first-order chi connectivity index (χ1) is 17.7. The average Bonchev–Trinajstić information content (AvgIpc) is 2.89. The molecule has 0 atom stereocenters. The summed E-state index contributed by atoms with van der Waals surface area (Å²) in [5, 5.41) is 16.5. The number of methoxy groups -OCH3 is 2. The van der Waals surface area contributed by atoms with Gasteiger partial charge in [0, 0.05) is 30.9 Å². The number of phenolic OH excluding ortho intramolecular Hbond substituents is 1. The van der Waals surface area contributed by atoms with Gasteiger partial charge in [-0.3, -0.25) is 9.59 Å². The first-order valence-corrected chi connectivity index (χ1v) is 11.1. The molecule has 3 rings (SSSR count). The SMILES string of the molecule is COc1cc(/C=N\NC(=O)/C(=C/c2ccc(N(C)C)cc2)NC(=O)c2cccc(F)c2)cc(OC)c1O. The Morgan fingerprint density at radius 1 is 0.973 bits per heavy atom. The molecule has 0 bridgehead atoms. The number of hydrogen-bond donors (Lipinski definition) is 3. The first-order valence-electron chi connectivity index (χ1n) is 11.1. The van der Waals surface area contributed by atoms with E-state index in [9.17, 15) is 19.1 Å². The van der Waals surface area contributed by atoms with Crippen LogP contribution in [0.2, 0.25) is 0 Å². The summed E-state index contributed by atoms with van der Waals surface area (Å²) in [5.74, 6) is -1.80. The zero-order valence-corrected chi connectivity index (χ0v) is 20.8. The molecule has 37 heavy (non-hydrogen) atoms. The maximum atomic E-state index is 13.6. The predicted octanol–water partition coefficient (Wildman–Crippen LogP) is 3.54. The average molecular weight is 507 g/mol. The number of rotatable bonds is 9. The zero-order valence-electron chi connectivity index (χ0n) is 20.8. The van der Waals surface area contributed by atoms with E-state index in [1.54, 1.807) is 12.1 Å². The number of hydrazone groups is 1. The summed E-state index contributed by atoms with van der Waals surface area (Å²) < 4.78 is 23.8. The number of anilines is 1. The van der Waals surface area contributed by atoms with Crippen LogP contribution in [0.1, 0.15) is 21.5 Å². The molecule has 2 amide bonds. The Kier molecular flexibility index (Phi) is 8.82. The van der Waals surface area contributed by atoms with E-state index in [1.165, 1.54) is 56.8 Å². The summed E-state index contributed by atoms with van der Waals surface area (Å²) in [6, 6.07) is 15.4. The monoisotopic (exact) mass is 506 g/mol. The number of halogens is 1. The minimum absolute atomic E-state index is 0.0495. The van der Waals surface area contributed by atoms with Gasteiger partial charge in [0.2, 0.25) is 5.75 Å². The molecule has 0 aliphatic carbocycles. The molecule has 9 nitrogen and oxygen atoms in total. The molecule has 3 aromatic rings. The summed E-state index contributed by atoms with van der Waals surface area (Å²) in [6.07, 6.45) is 2.80. The Morgan fingerprint density at radius 3 is 2.19 bits per heavy atom. The fourth-order valence-corrected chi connectivity index (χ4v) is 3.23. The number of aromatic hydroxyl groups is 1. The second-order valence-electron chi connectivity index (χ2n) is 7.98. The van der Waals surface area contributed by atoms with Crippen molar-refractivity contribution in [2.24, 2.45) is 5.10 Å². The highest BCUT2D eigenvalue weighted by molar-refractivity contribution is 6.05. The molecule has 0 radical (unpaired) electrons. The van der Waals surface area contributed by atoms with Crippen LogP contribution >= 0.6 is 0 Å². The molecular weight excluding hydrogens is 479 g/mol. The third kappa shape index (κ3) is 7.07. The van der Waals surface area contributed by atoms with E-state index >= 15 is 0 Å². The predicted molar refractivity (Wildman–Crippen MR) is 140 cm³/mol.